The second-order valence-corrected chi connectivity index (χ2v) is 14.2. The van der Waals surface area contributed by atoms with E-state index in [-0.39, 0.29) is 35.6 Å². The van der Waals surface area contributed by atoms with Crippen molar-refractivity contribution in [3.05, 3.63) is 110 Å². The van der Waals surface area contributed by atoms with Gasteiger partial charge < -0.3 is 34.0 Å². The van der Waals surface area contributed by atoms with Crippen LogP contribution >= 0.6 is 15.9 Å². The highest BCUT2D eigenvalue weighted by atomic mass is 79.9. The predicted molar refractivity (Wildman–Crippen MR) is 199 cm³/mol. The quantitative estimate of drug-likeness (QED) is 0.168. The normalized spacial score (nSPS) is 25.2. The third-order valence-electron chi connectivity index (χ3n) is 10.2. The Balaban J connectivity index is 1.45. The SMILES string of the molecule is C=CCN(C(=O)C1N([C@@H](CO)Cc2ccccc2)C(=O)[C@@H]2[C@@H](C(=O)N(CC=C)c3ccc(OCC)cc3)[C@@H]3OC12CC3Br)c1ccc(OC)cc1. The molecule has 6 rings (SSSR count). The standard InChI is InChI=1S/C40H44BrN3O7/c1-5-21-42(27-15-19-31(20-16-27)50-7-3)37(46)33-34-38(47)44(29(25-45)23-26-11-9-8-10-12-26)36(40(34)24-32(41)35(33)51-40)39(48)43(22-6-2)28-13-17-30(49-4)18-14-28/h5-6,8-20,29,32-36,45H,1-2,7,21-25H2,3-4H3/t29-,32?,33-,34+,35-,36?,40?/m1/s1. The van der Waals surface area contributed by atoms with Gasteiger partial charge in [0, 0.05) is 29.3 Å². The topological polar surface area (TPSA) is 109 Å². The number of hydrogen-bond acceptors (Lipinski definition) is 7. The molecule has 2 bridgehead atoms. The maximum atomic E-state index is 15.1. The number of rotatable bonds is 15. The highest BCUT2D eigenvalue weighted by Crippen LogP contribution is 2.61. The van der Waals surface area contributed by atoms with Gasteiger partial charge in [0.1, 0.15) is 23.1 Å². The number of anilines is 2. The Morgan fingerprint density at radius 3 is 2.12 bits per heavy atom. The molecule has 0 aromatic heterocycles. The Bertz CT molecular complexity index is 1740. The average Bonchev–Trinajstić information content (AvgIpc) is 3.75. The van der Waals surface area contributed by atoms with E-state index in [9.17, 15) is 9.90 Å². The molecule has 3 heterocycles. The van der Waals surface area contributed by atoms with E-state index in [1.165, 1.54) is 4.90 Å². The minimum atomic E-state index is -1.35. The molecule has 3 aromatic rings. The second-order valence-electron chi connectivity index (χ2n) is 13.0. The van der Waals surface area contributed by atoms with E-state index in [0.717, 1.165) is 5.56 Å². The lowest BCUT2D eigenvalue weighted by atomic mass is 9.70. The zero-order valence-electron chi connectivity index (χ0n) is 28.9. The van der Waals surface area contributed by atoms with E-state index in [1.54, 1.807) is 77.6 Å². The van der Waals surface area contributed by atoms with Gasteiger partial charge in [-0.15, -0.1) is 13.2 Å². The van der Waals surface area contributed by atoms with E-state index in [4.69, 9.17) is 14.2 Å². The van der Waals surface area contributed by atoms with Gasteiger partial charge in [0.25, 0.3) is 5.91 Å². The van der Waals surface area contributed by atoms with E-state index in [0.29, 0.717) is 42.3 Å². The first-order valence-electron chi connectivity index (χ1n) is 17.2. The molecule has 3 unspecified atom stereocenters. The lowest BCUT2D eigenvalue weighted by Crippen LogP contribution is -2.59. The molecule has 7 atom stereocenters. The molecule has 51 heavy (non-hydrogen) atoms. The lowest BCUT2D eigenvalue weighted by Gasteiger charge is -2.39. The van der Waals surface area contributed by atoms with E-state index < -0.39 is 42.2 Å². The largest absolute Gasteiger partial charge is 0.497 e. The number of benzene rings is 3. The number of halogens is 1. The van der Waals surface area contributed by atoms with Crippen molar-refractivity contribution in [1.82, 2.24) is 4.90 Å². The molecule has 0 saturated carbocycles. The third kappa shape index (κ3) is 6.58. The smallest absolute Gasteiger partial charge is 0.253 e. The van der Waals surface area contributed by atoms with Crippen molar-refractivity contribution in [3.8, 4) is 11.5 Å². The summed E-state index contributed by atoms with van der Waals surface area (Å²) in [5.41, 5.74) is 0.754. The van der Waals surface area contributed by atoms with Gasteiger partial charge in [-0.2, -0.15) is 0 Å². The van der Waals surface area contributed by atoms with Crippen molar-refractivity contribution in [1.29, 1.82) is 0 Å². The van der Waals surface area contributed by atoms with Gasteiger partial charge in [-0.1, -0.05) is 58.4 Å². The van der Waals surface area contributed by atoms with Crippen LogP contribution in [0.5, 0.6) is 11.5 Å². The summed E-state index contributed by atoms with van der Waals surface area (Å²) in [6, 6.07) is 21.9. The molecule has 268 valence electrons. The maximum Gasteiger partial charge on any atom is 0.253 e. The van der Waals surface area contributed by atoms with Crippen molar-refractivity contribution in [3.63, 3.8) is 0 Å². The van der Waals surface area contributed by atoms with Crippen molar-refractivity contribution < 1.29 is 33.7 Å². The molecule has 3 aliphatic rings. The fourth-order valence-electron chi connectivity index (χ4n) is 8.04. The van der Waals surface area contributed by atoms with E-state index in [2.05, 4.69) is 29.1 Å². The highest BCUT2D eigenvalue weighted by Gasteiger charge is 2.77. The van der Waals surface area contributed by atoms with Crippen molar-refractivity contribution in [2.45, 2.75) is 48.4 Å². The lowest BCUT2D eigenvalue weighted by molar-refractivity contribution is -0.144. The number of carbonyl (C=O) groups excluding carboxylic acids is 3. The van der Waals surface area contributed by atoms with Crippen LogP contribution in [-0.4, -0.2) is 89.8 Å². The number of alkyl halides is 1. The number of ether oxygens (including phenoxy) is 3. The molecular formula is C40H44BrN3O7. The Morgan fingerprint density at radius 2 is 1.57 bits per heavy atom. The van der Waals surface area contributed by atoms with Gasteiger partial charge in [0.2, 0.25) is 11.8 Å². The number of aliphatic hydroxyl groups excluding tert-OH is 1. The van der Waals surface area contributed by atoms with Crippen molar-refractivity contribution >= 4 is 45.0 Å². The zero-order chi connectivity index (χ0) is 36.3. The first kappa shape index (κ1) is 36.3. The summed E-state index contributed by atoms with van der Waals surface area (Å²) in [5, 5.41) is 10.9. The van der Waals surface area contributed by atoms with Gasteiger partial charge in [-0.25, -0.2) is 0 Å². The van der Waals surface area contributed by atoms with Crippen LogP contribution in [0.4, 0.5) is 11.4 Å². The molecule has 3 fully saturated rings. The third-order valence-corrected chi connectivity index (χ3v) is 11.0. The number of aliphatic hydroxyl groups is 1. The number of fused-ring (bicyclic) bond motifs is 1. The molecule has 11 heteroatoms. The summed E-state index contributed by atoms with van der Waals surface area (Å²) in [7, 11) is 1.57. The molecule has 3 saturated heterocycles. The van der Waals surface area contributed by atoms with Crippen molar-refractivity contribution in [2.75, 3.05) is 43.2 Å². The van der Waals surface area contributed by atoms with Crippen LogP contribution in [0.3, 0.4) is 0 Å². The van der Waals surface area contributed by atoms with Crippen LogP contribution in [0.2, 0.25) is 0 Å². The zero-order valence-corrected chi connectivity index (χ0v) is 30.5. The first-order valence-corrected chi connectivity index (χ1v) is 18.1. The van der Waals surface area contributed by atoms with E-state index in [1.807, 2.05) is 37.3 Å². The van der Waals surface area contributed by atoms with Crippen LogP contribution in [0.25, 0.3) is 0 Å². The highest BCUT2D eigenvalue weighted by molar-refractivity contribution is 9.09. The molecule has 3 aromatic carbocycles. The molecule has 3 amide bonds. The van der Waals surface area contributed by atoms with Crippen molar-refractivity contribution in [2.24, 2.45) is 11.8 Å². The van der Waals surface area contributed by atoms with Gasteiger partial charge in [0.05, 0.1) is 44.3 Å². The minimum Gasteiger partial charge on any atom is -0.497 e. The van der Waals surface area contributed by atoms with Gasteiger partial charge in [0.15, 0.2) is 0 Å². The van der Waals surface area contributed by atoms with Crippen LogP contribution in [0, 0.1) is 11.8 Å². The average molecular weight is 759 g/mol. The van der Waals surface area contributed by atoms with Crippen LogP contribution in [0.1, 0.15) is 18.9 Å². The van der Waals surface area contributed by atoms with E-state index >= 15 is 9.59 Å². The summed E-state index contributed by atoms with van der Waals surface area (Å²) < 4.78 is 17.8. The molecule has 10 nitrogen and oxygen atoms in total. The minimum absolute atomic E-state index is 0.154. The Hall–Kier alpha value is -4.45. The molecular weight excluding hydrogens is 714 g/mol. The summed E-state index contributed by atoms with van der Waals surface area (Å²) >= 11 is 3.79. The number of nitrogens with zero attached hydrogens (tertiary/aromatic N) is 3. The number of amides is 3. The van der Waals surface area contributed by atoms with Gasteiger partial charge >= 0.3 is 0 Å². The Labute approximate surface area is 307 Å². The molecule has 3 aliphatic heterocycles. The summed E-state index contributed by atoms with van der Waals surface area (Å²) in [6.07, 6.45) is 3.22. The summed E-state index contributed by atoms with van der Waals surface area (Å²) in [5.74, 6) is -1.66. The van der Waals surface area contributed by atoms with Crippen LogP contribution < -0.4 is 19.3 Å². The second kappa shape index (κ2) is 15.4. The molecule has 0 radical (unpaired) electrons. The fraction of sp³-hybridized carbons (Fsp3) is 0.375. The molecule has 1 spiro atoms. The van der Waals surface area contributed by atoms with Gasteiger partial charge in [-0.3, -0.25) is 14.4 Å². The van der Waals surface area contributed by atoms with Gasteiger partial charge in [-0.05, 0) is 73.9 Å². The Kier molecular flexibility index (Phi) is 11.0. The predicted octanol–water partition coefficient (Wildman–Crippen LogP) is 5.18. The number of carbonyl (C=O) groups is 3. The fourth-order valence-corrected chi connectivity index (χ4v) is 8.98. The summed E-state index contributed by atoms with van der Waals surface area (Å²) in [4.78, 5) is 49.3. The van der Waals surface area contributed by atoms with Crippen LogP contribution in [0.15, 0.2) is 104 Å². The Morgan fingerprint density at radius 1 is 0.980 bits per heavy atom. The number of methoxy groups -OCH3 is 1. The number of hydrogen-bond donors (Lipinski definition) is 1. The van der Waals surface area contributed by atoms with Crippen LogP contribution in [-0.2, 0) is 25.5 Å². The summed E-state index contributed by atoms with van der Waals surface area (Å²) in [6.45, 7) is 10.2. The maximum absolute atomic E-state index is 15.1. The first-order chi connectivity index (χ1) is 24.7. The molecule has 1 N–H and O–H groups in total. The number of likely N-dealkylation sites (tertiary alicyclic amines) is 1. The molecule has 0 aliphatic carbocycles. The monoisotopic (exact) mass is 757 g/mol.